The standard InChI is InChI=1S/C6H11F3O3S/c1-5(7,8)6(2,9)12-4-13(3,10)11/h4H2,1-3H3. The molecule has 0 rings (SSSR count). The lowest BCUT2D eigenvalue weighted by atomic mass is 10.2. The topological polar surface area (TPSA) is 43.4 Å². The first-order chi connectivity index (χ1) is 5.46. The smallest absolute Gasteiger partial charge is 0.302 e. The van der Waals surface area contributed by atoms with Gasteiger partial charge in [-0.05, 0) is 0 Å². The van der Waals surface area contributed by atoms with E-state index in [1.54, 1.807) is 0 Å². The minimum Gasteiger partial charge on any atom is -0.325 e. The van der Waals surface area contributed by atoms with Crippen LogP contribution in [-0.4, -0.2) is 32.4 Å². The van der Waals surface area contributed by atoms with Gasteiger partial charge in [0.15, 0.2) is 15.8 Å². The molecule has 7 heteroatoms. The van der Waals surface area contributed by atoms with E-state index in [1.165, 1.54) is 0 Å². The fourth-order valence-electron chi connectivity index (χ4n) is 0.344. The number of halogens is 3. The summed E-state index contributed by atoms with van der Waals surface area (Å²) >= 11 is 0. The molecule has 0 radical (unpaired) electrons. The van der Waals surface area contributed by atoms with Crippen LogP contribution < -0.4 is 0 Å². The molecule has 0 saturated carbocycles. The van der Waals surface area contributed by atoms with Crippen molar-refractivity contribution in [2.45, 2.75) is 25.6 Å². The third-order valence-corrected chi connectivity index (χ3v) is 1.87. The molecule has 3 nitrogen and oxygen atoms in total. The van der Waals surface area contributed by atoms with Crippen LogP contribution in [0.1, 0.15) is 13.8 Å². The van der Waals surface area contributed by atoms with Crippen molar-refractivity contribution in [1.82, 2.24) is 0 Å². The lowest BCUT2D eigenvalue weighted by molar-refractivity contribution is -0.251. The molecule has 0 aliphatic carbocycles. The largest absolute Gasteiger partial charge is 0.325 e. The second-order valence-electron chi connectivity index (χ2n) is 2.99. The molecule has 0 aliphatic heterocycles. The summed E-state index contributed by atoms with van der Waals surface area (Å²) < 4.78 is 62.5. The van der Waals surface area contributed by atoms with Gasteiger partial charge in [-0.1, -0.05) is 0 Å². The van der Waals surface area contributed by atoms with Gasteiger partial charge in [0, 0.05) is 20.1 Å². The first-order valence-corrected chi connectivity index (χ1v) is 5.40. The summed E-state index contributed by atoms with van der Waals surface area (Å²) in [5.74, 6) is -8.07. The second kappa shape index (κ2) is 3.45. The van der Waals surface area contributed by atoms with E-state index in [9.17, 15) is 21.6 Å². The van der Waals surface area contributed by atoms with Crippen molar-refractivity contribution in [2.24, 2.45) is 0 Å². The van der Waals surface area contributed by atoms with Gasteiger partial charge in [-0.15, -0.1) is 0 Å². The van der Waals surface area contributed by atoms with E-state index in [4.69, 9.17) is 0 Å². The molecule has 0 N–H and O–H groups in total. The third-order valence-electron chi connectivity index (χ3n) is 1.33. The van der Waals surface area contributed by atoms with Gasteiger partial charge in [0.1, 0.15) is 0 Å². The van der Waals surface area contributed by atoms with E-state index in [1.807, 2.05) is 0 Å². The highest BCUT2D eigenvalue weighted by Gasteiger charge is 2.48. The van der Waals surface area contributed by atoms with Crippen molar-refractivity contribution in [1.29, 1.82) is 0 Å². The van der Waals surface area contributed by atoms with E-state index in [-0.39, 0.29) is 0 Å². The Balaban J connectivity index is 4.38. The summed E-state index contributed by atoms with van der Waals surface area (Å²) in [7, 11) is -3.61. The average Bonchev–Trinajstić information content (AvgIpc) is 1.79. The lowest BCUT2D eigenvalue weighted by Gasteiger charge is -2.26. The van der Waals surface area contributed by atoms with Crippen LogP contribution in [0.2, 0.25) is 0 Å². The molecule has 80 valence electrons. The summed E-state index contributed by atoms with van der Waals surface area (Å²) in [5.41, 5.74) is 0. The van der Waals surface area contributed by atoms with Crippen LogP contribution in [0.15, 0.2) is 0 Å². The molecule has 0 amide bonds. The molecular weight excluding hydrogens is 209 g/mol. The molecule has 0 spiro atoms. The van der Waals surface area contributed by atoms with Gasteiger partial charge >= 0.3 is 5.92 Å². The van der Waals surface area contributed by atoms with Gasteiger partial charge < -0.3 is 4.74 Å². The Hall–Kier alpha value is -0.300. The Bertz CT molecular complexity index is 265. The monoisotopic (exact) mass is 220 g/mol. The number of hydrogen-bond donors (Lipinski definition) is 0. The molecule has 0 saturated heterocycles. The molecule has 1 atom stereocenters. The normalized spacial score (nSPS) is 18.3. The highest BCUT2D eigenvalue weighted by molar-refractivity contribution is 7.90. The molecule has 13 heavy (non-hydrogen) atoms. The Morgan fingerprint density at radius 3 is 1.85 bits per heavy atom. The van der Waals surface area contributed by atoms with Crippen LogP contribution in [0, 0.1) is 0 Å². The molecule has 0 aromatic rings. The summed E-state index contributed by atoms with van der Waals surface area (Å²) in [4.78, 5) is 0. The first-order valence-electron chi connectivity index (χ1n) is 3.34. The van der Waals surface area contributed by atoms with Gasteiger partial charge in [0.25, 0.3) is 5.85 Å². The molecular formula is C6H11F3O3S. The van der Waals surface area contributed by atoms with E-state index in [0.717, 1.165) is 6.26 Å². The van der Waals surface area contributed by atoms with Gasteiger partial charge in [-0.2, -0.15) is 0 Å². The van der Waals surface area contributed by atoms with Gasteiger partial charge in [0.2, 0.25) is 0 Å². The zero-order chi connectivity index (χ0) is 10.9. The molecule has 0 aliphatic rings. The maximum absolute atomic E-state index is 12.9. The second-order valence-corrected chi connectivity index (χ2v) is 5.08. The number of hydrogen-bond acceptors (Lipinski definition) is 3. The van der Waals surface area contributed by atoms with Gasteiger partial charge in [-0.3, -0.25) is 0 Å². The maximum atomic E-state index is 12.9. The molecule has 0 fully saturated rings. The molecule has 0 aromatic heterocycles. The maximum Gasteiger partial charge on any atom is 0.302 e. The number of ether oxygens (including phenoxy) is 1. The van der Waals surface area contributed by atoms with Crippen LogP contribution in [0.4, 0.5) is 13.2 Å². The summed E-state index contributed by atoms with van der Waals surface area (Å²) in [6, 6.07) is 0. The molecule has 0 heterocycles. The Kier molecular flexibility index (Phi) is 3.37. The number of alkyl halides is 3. The molecule has 1 unspecified atom stereocenters. The van der Waals surface area contributed by atoms with Crippen molar-refractivity contribution >= 4 is 9.84 Å². The minimum atomic E-state index is -3.74. The first kappa shape index (κ1) is 12.7. The summed E-state index contributed by atoms with van der Waals surface area (Å²) in [5, 5.41) is 0. The average molecular weight is 220 g/mol. The van der Waals surface area contributed by atoms with Crippen molar-refractivity contribution in [3.05, 3.63) is 0 Å². The van der Waals surface area contributed by atoms with Crippen molar-refractivity contribution in [3.63, 3.8) is 0 Å². The zero-order valence-corrected chi connectivity index (χ0v) is 8.29. The highest BCUT2D eigenvalue weighted by Crippen LogP contribution is 2.32. The predicted octanol–water partition coefficient (Wildman–Crippen LogP) is 1.35. The Morgan fingerprint density at radius 1 is 1.23 bits per heavy atom. The summed E-state index contributed by atoms with van der Waals surface area (Å²) in [6.07, 6.45) is 0.761. The van der Waals surface area contributed by atoms with Crippen LogP contribution in [0.3, 0.4) is 0 Å². The van der Waals surface area contributed by atoms with Crippen LogP contribution in [0.25, 0.3) is 0 Å². The zero-order valence-electron chi connectivity index (χ0n) is 7.47. The van der Waals surface area contributed by atoms with Crippen molar-refractivity contribution in [3.8, 4) is 0 Å². The van der Waals surface area contributed by atoms with Crippen molar-refractivity contribution in [2.75, 3.05) is 12.2 Å². The molecule has 0 aromatic carbocycles. The van der Waals surface area contributed by atoms with Crippen LogP contribution >= 0.6 is 0 Å². The van der Waals surface area contributed by atoms with E-state index in [0.29, 0.717) is 13.8 Å². The van der Waals surface area contributed by atoms with E-state index in [2.05, 4.69) is 4.74 Å². The minimum absolute atomic E-state index is 0.315. The van der Waals surface area contributed by atoms with Crippen LogP contribution in [-0.2, 0) is 14.6 Å². The third kappa shape index (κ3) is 4.47. The van der Waals surface area contributed by atoms with E-state index >= 15 is 0 Å². The number of rotatable bonds is 4. The lowest BCUT2D eigenvalue weighted by Crippen LogP contribution is -2.42. The Morgan fingerprint density at radius 2 is 1.62 bits per heavy atom. The summed E-state index contributed by atoms with van der Waals surface area (Å²) in [6.45, 7) is 0.799. The Labute approximate surface area is 74.8 Å². The SMILES string of the molecule is CC(F)(F)C(C)(F)OCS(C)(=O)=O. The van der Waals surface area contributed by atoms with E-state index < -0.39 is 27.6 Å². The van der Waals surface area contributed by atoms with Crippen LogP contribution in [0.5, 0.6) is 0 Å². The fourth-order valence-corrected chi connectivity index (χ4v) is 0.780. The molecule has 0 bridgehead atoms. The fraction of sp³-hybridized carbons (Fsp3) is 1.00. The van der Waals surface area contributed by atoms with Gasteiger partial charge in [-0.25, -0.2) is 21.6 Å². The number of sulfone groups is 1. The highest BCUT2D eigenvalue weighted by atomic mass is 32.2. The van der Waals surface area contributed by atoms with Gasteiger partial charge in [0.05, 0.1) is 0 Å². The quantitative estimate of drug-likeness (QED) is 0.718. The predicted molar refractivity (Wildman–Crippen MR) is 40.9 cm³/mol. The van der Waals surface area contributed by atoms with Crippen molar-refractivity contribution < 1.29 is 26.3 Å².